The minimum absolute atomic E-state index is 0.299. The van der Waals surface area contributed by atoms with Gasteiger partial charge in [0, 0.05) is 21.7 Å². The number of aromatic nitrogens is 3. The Hall–Kier alpha value is -3.52. The number of nitrogens with zero attached hydrogens (tertiary/aromatic N) is 4. The van der Waals surface area contributed by atoms with Crippen molar-refractivity contribution in [1.29, 1.82) is 0 Å². The first kappa shape index (κ1) is 19.8. The third-order valence-corrected chi connectivity index (χ3v) is 5.20. The Labute approximate surface area is 177 Å². The molecular weight excluding hydrogens is 406 g/mol. The van der Waals surface area contributed by atoms with E-state index in [2.05, 4.69) is 15.5 Å². The Kier molecular flexibility index (Phi) is 5.09. The number of benzene rings is 2. The molecule has 0 fully saturated rings. The molecule has 1 unspecified atom stereocenters. The number of aliphatic imine (C=N–C) groups is 1. The molecule has 0 aliphatic carbocycles. The Morgan fingerprint density at radius 3 is 2.67 bits per heavy atom. The summed E-state index contributed by atoms with van der Waals surface area (Å²) in [5.74, 6) is -0.233. The fourth-order valence-electron chi connectivity index (χ4n) is 3.34. The van der Waals surface area contributed by atoms with Crippen molar-refractivity contribution in [2.24, 2.45) is 4.99 Å². The van der Waals surface area contributed by atoms with Crippen molar-refractivity contribution in [3.8, 4) is 5.69 Å². The van der Waals surface area contributed by atoms with E-state index in [9.17, 15) is 9.59 Å². The molecule has 1 aromatic heterocycles. The van der Waals surface area contributed by atoms with E-state index in [1.165, 1.54) is 6.92 Å². The van der Waals surface area contributed by atoms with E-state index in [1.54, 1.807) is 24.3 Å². The Bertz CT molecular complexity index is 1200. The lowest BCUT2D eigenvalue weighted by atomic mass is 9.98. The molecule has 1 atom stereocenters. The summed E-state index contributed by atoms with van der Waals surface area (Å²) in [6.45, 7) is 3.55. The summed E-state index contributed by atoms with van der Waals surface area (Å²) >= 11 is 6.44. The highest BCUT2D eigenvalue weighted by molar-refractivity contribution is 6.35. The third-order valence-electron chi connectivity index (χ3n) is 4.87. The second kappa shape index (κ2) is 7.72. The zero-order valence-electron chi connectivity index (χ0n) is 16.3. The van der Waals surface area contributed by atoms with Crippen molar-refractivity contribution in [3.63, 3.8) is 0 Å². The average molecular weight is 424 g/mol. The number of carbonyl (C=O) groups excluding carboxylic acids is 1. The van der Waals surface area contributed by atoms with Crippen molar-refractivity contribution >= 4 is 29.2 Å². The van der Waals surface area contributed by atoms with E-state index in [1.807, 2.05) is 29.7 Å². The van der Waals surface area contributed by atoms with Gasteiger partial charge in [-0.1, -0.05) is 29.8 Å². The van der Waals surface area contributed by atoms with Crippen LogP contribution in [-0.2, 0) is 11.3 Å². The fraction of sp³-hybridized carbons (Fsp3) is 0.190. The van der Waals surface area contributed by atoms with Gasteiger partial charge in [0.15, 0.2) is 5.82 Å². The number of halogens is 1. The van der Waals surface area contributed by atoms with Gasteiger partial charge >= 0.3 is 5.97 Å². The molecule has 1 aliphatic heterocycles. The molecule has 1 aliphatic rings. The van der Waals surface area contributed by atoms with Crippen molar-refractivity contribution in [2.45, 2.75) is 26.4 Å². The van der Waals surface area contributed by atoms with Crippen LogP contribution in [0.4, 0.5) is 0 Å². The first-order chi connectivity index (χ1) is 14.4. The molecule has 2 heterocycles. The van der Waals surface area contributed by atoms with Crippen LogP contribution in [-0.4, -0.2) is 43.5 Å². The molecule has 0 saturated heterocycles. The molecule has 30 heavy (non-hydrogen) atoms. The second-order valence-corrected chi connectivity index (χ2v) is 7.32. The van der Waals surface area contributed by atoms with Crippen LogP contribution in [0.15, 0.2) is 47.5 Å². The molecule has 4 rings (SSSR count). The maximum Gasteiger partial charge on any atom is 0.325 e. The van der Waals surface area contributed by atoms with Crippen molar-refractivity contribution in [1.82, 2.24) is 20.1 Å². The van der Waals surface area contributed by atoms with Gasteiger partial charge in [-0.3, -0.25) is 19.1 Å². The van der Waals surface area contributed by atoms with Crippen LogP contribution in [0, 0.1) is 6.92 Å². The smallest absolute Gasteiger partial charge is 0.325 e. The summed E-state index contributed by atoms with van der Waals surface area (Å²) in [5.41, 5.74) is 3.12. The van der Waals surface area contributed by atoms with Crippen LogP contribution >= 0.6 is 11.6 Å². The molecular formula is C21H18ClN5O3. The van der Waals surface area contributed by atoms with Crippen LogP contribution in [0.2, 0.25) is 5.02 Å². The van der Waals surface area contributed by atoms with Crippen LogP contribution in [0.1, 0.15) is 40.1 Å². The van der Waals surface area contributed by atoms with Gasteiger partial charge in [0.1, 0.15) is 18.4 Å². The number of rotatable bonds is 4. The fourth-order valence-corrected chi connectivity index (χ4v) is 3.57. The van der Waals surface area contributed by atoms with Crippen molar-refractivity contribution < 1.29 is 14.7 Å². The number of fused-ring (bicyclic) bond motifs is 3. The first-order valence-electron chi connectivity index (χ1n) is 9.25. The standard InChI is InChI=1S/C21H18ClN5O3/c1-11(21(29)30)24-20(28)13-7-8-17-15(9-13)19(14-5-3-4-6-16(14)22)23-10-18-26-25-12(2)27(17)18/h3-9,11H,10H2,1-2H3,(H,24,28)(H,29,30). The number of nitrogens with one attached hydrogen (secondary N) is 1. The van der Waals surface area contributed by atoms with Crippen LogP contribution < -0.4 is 5.32 Å². The minimum atomic E-state index is -1.11. The molecule has 2 aromatic carbocycles. The van der Waals surface area contributed by atoms with E-state index in [4.69, 9.17) is 21.7 Å². The van der Waals surface area contributed by atoms with Gasteiger partial charge in [-0.2, -0.15) is 0 Å². The van der Waals surface area contributed by atoms with E-state index < -0.39 is 17.9 Å². The van der Waals surface area contributed by atoms with Gasteiger partial charge in [0.05, 0.1) is 11.4 Å². The zero-order valence-corrected chi connectivity index (χ0v) is 17.0. The highest BCUT2D eigenvalue weighted by Crippen LogP contribution is 2.29. The van der Waals surface area contributed by atoms with Gasteiger partial charge in [-0.15, -0.1) is 10.2 Å². The number of amides is 1. The summed E-state index contributed by atoms with van der Waals surface area (Å²) in [6.07, 6.45) is 0. The monoisotopic (exact) mass is 423 g/mol. The van der Waals surface area contributed by atoms with E-state index in [0.717, 1.165) is 11.3 Å². The predicted octanol–water partition coefficient (Wildman–Crippen LogP) is 2.78. The quantitative estimate of drug-likeness (QED) is 0.670. The summed E-state index contributed by atoms with van der Waals surface area (Å²) < 4.78 is 1.89. The van der Waals surface area contributed by atoms with E-state index in [0.29, 0.717) is 40.1 Å². The first-order valence-corrected chi connectivity index (χ1v) is 9.63. The molecule has 8 nitrogen and oxygen atoms in total. The normalized spacial score (nSPS) is 13.5. The molecule has 9 heteroatoms. The molecule has 3 aromatic rings. The highest BCUT2D eigenvalue weighted by atomic mass is 35.5. The molecule has 0 bridgehead atoms. The van der Waals surface area contributed by atoms with Crippen LogP contribution in [0.25, 0.3) is 5.69 Å². The maximum absolute atomic E-state index is 12.6. The lowest BCUT2D eigenvalue weighted by Gasteiger charge is -2.16. The predicted molar refractivity (Wildman–Crippen MR) is 111 cm³/mol. The topological polar surface area (TPSA) is 109 Å². The number of carboxylic acid groups (broad SMARTS) is 1. The van der Waals surface area contributed by atoms with Gasteiger partial charge in [0.2, 0.25) is 0 Å². The number of aryl methyl sites for hydroxylation is 1. The summed E-state index contributed by atoms with van der Waals surface area (Å²) in [5, 5.41) is 20.4. The highest BCUT2D eigenvalue weighted by Gasteiger charge is 2.24. The zero-order chi connectivity index (χ0) is 21.4. The SMILES string of the molecule is Cc1nnc2n1-c1ccc(C(=O)NC(C)C(=O)O)cc1C(c1ccccc1Cl)=NC2. The van der Waals surface area contributed by atoms with Crippen LogP contribution in [0.5, 0.6) is 0 Å². The van der Waals surface area contributed by atoms with E-state index in [-0.39, 0.29) is 0 Å². The van der Waals surface area contributed by atoms with Crippen molar-refractivity contribution in [3.05, 3.63) is 75.8 Å². The third kappa shape index (κ3) is 3.46. The number of carboxylic acids is 1. The molecule has 0 spiro atoms. The molecule has 0 saturated carbocycles. The Balaban J connectivity index is 1.88. The van der Waals surface area contributed by atoms with Gasteiger partial charge in [0.25, 0.3) is 5.91 Å². The number of hydrogen-bond acceptors (Lipinski definition) is 5. The maximum atomic E-state index is 12.6. The van der Waals surface area contributed by atoms with Crippen LogP contribution in [0.3, 0.4) is 0 Å². The lowest BCUT2D eigenvalue weighted by Crippen LogP contribution is -2.38. The molecule has 152 valence electrons. The summed E-state index contributed by atoms with van der Waals surface area (Å²) in [4.78, 5) is 28.5. The molecule has 2 N–H and O–H groups in total. The number of carbonyl (C=O) groups is 2. The summed E-state index contributed by atoms with van der Waals surface area (Å²) in [6, 6.07) is 11.4. The van der Waals surface area contributed by atoms with Gasteiger partial charge < -0.3 is 10.4 Å². The largest absolute Gasteiger partial charge is 0.480 e. The van der Waals surface area contributed by atoms with Gasteiger partial charge in [-0.25, -0.2) is 0 Å². The average Bonchev–Trinajstić information content (AvgIpc) is 3.00. The number of hydrogen-bond donors (Lipinski definition) is 2. The number of aliphatic carboxylic acids is 1. The Morgan fingerprint density at radius 1 is 1.17 bits per heavy atom. The van der Waals surface area contributed by atoms with Gasteiger partial charge in [-0.05, 0) is 38.1 Å². The lowest BCUT2D eigenvalue weighted by molar-refractivity contribution is -0.138. The summed E-state index contributed by atoms with van der Waals surface area (Å²) in [7, 11) is 0. The minimum Gasteiger partial charge on any atom is -0.480 e. The Morgan fingerprint density at radius 2 is 1.93 bits per heavy atom. The second-order valence-electron chi connectivity index (χ2n) is 6.91. The van der Waals surface area contributed by atoms with E-state index >= 15 is 0 Å². The molecule has 1 amide bonds. The molecule has 0 radical (unpaired) electrons. The van der Waals surface area contributed by atoms with Crippen molar-refractivity contribution in [2.75, 3.05) is 0 Å².